The Morgan fingerprint density at radius 3 is 2.58 bits per heavy atom. The third kappa shape index (κ3) is 3.96. The van der Waals surface area contributed by atoms with Crippen LogP contribution in [0.3, 0.4) is 0 Å². The summed E-state index contributed by atoms with van der Waals surface area (Å²) in [6.45, 7) is 9.94. The number of carbonyl (C=O) groups is 1. The van der Waals surface area contributed by atoms with Crippen molar-refractivity contribution < 1.29 is 14.3 Å². The number of benzene rings is 1. The average molecular weight is 350 g/mol. The molecule has 2 rings (SSSR count). The molecule has 0 saturated carbocycles. The second-order valence-corrected chi connectivity index (χ2v) is 12.7. The van der Waals surface area contributed by atoms with E-state index < -0.39 is 14.0 Å². The van der Waals surface area contributed by atoms with Gasteiger partial charge in [-0.25, -0.2) is 4.68 Å². The monoisotopic (exact) mass is 349 g/mol. The summed E-state index contributed by atoms with van der Waals surface area (Å²) in [5, 5.41) is 5.45. The first kappa shape index (κ1) is 18.5. The molecule has 1 amide bonds. The van der Waals surface area contributed by atoms with Crippen LogP contribution in [0.5, 0.6) is 5.75 Å². The first-order valence-corrected chi connectivity index (χ1v) is 11.9. The molecule has 0 fully saturated rings. The number of rotatable bonds is 8. The Balaban J connectivity index is 2.40. The zero-order chi connectivity index (χ0) is 17.9. The first-order chi connectivity index (χ1) is 11.3. The molecule has 132 valence electrons. The van der Waals surface area contributed by atoms with Crippen LogP contribution in [0.1, 0.15) is 23.0 Å². The minimum absolute atomic E-state index is 0.300. The van der Waals surface area contributed by atoms with E-state index in [0.29, 0.717) is 30.2 Å². The smallest absolute Gasteiger partial charge is 0.250 e. The highest BCUT2D eigenvalue weighted by molar-refractivity contribution is 6.76. The summed E-state index contributed by atoms with van der Waals surface area (Å²) in [4.78, 5) is 11.8. The lowest BCUT2D eigenvalue weighted by Gasteiger charge is -2.15. The van der Waals surface area contributed by atoms with Crippen LogP contribution >= 0.6 is 0 Å². The lowest BCUT2D eigenvalue weighted by molar-refractivity contribution is 0.0811. The highest BCUT2D eigenvalue weighted by Crippen LogP contribution is 2.32. The number of aryl methyl sites for hydroxylation is 1. The Bertz CT molecular complexity index is 735. The van der Waals surface area contributed by atoms with E-state index in [9.17, 15) is 4.79 Å². The van der Waals surface area contributed by atoms with Crippen molar-refractivity contribution in [3.63, 3.8) is 0 Å². The SMILES string of the molecule is CCc1nn(COCC[Si](C)(C)C)c2c(C(N)=O)ccc(OC)c12. The van der Waals surface area contributed by atoms with Gasteiger partial charge in [0, 0.05) is 14.7 Å². The fraction of sp³-hybridized carbons (Fsp3) is 0.529. The van der Waals surface area contributed by atoms with Crippen LogP contribution in [0.4, 0.5) is 0 Å². The van der Waals surface area contributed by atoms with Gasteiger partial charge in [0.15, 0.2) is 0 Å². The third-order valence-electron chi connectivity index (χ3n) is 3.96. The molecule has 1 aromatic heterocycles. The largest absolute Gasteiger partial charge is 0.496 e. The quantitative estimate of drug-likeness (QED) is 0.587. The first-order valence-electron chi connectivity index (χ1n) is 8.22. The van der Waals surface area contributed by atoms with Crippen molar-refractivity contribution in [1.82, 2.24) is 9.78 Å². The van der Waals surface area contributed by atoms with E-state index in [-0.39, 0.29) is 0 Å². The van der Waals surface area contributed by atoms with E-state index in [0.717, 1.165) is 23.5 Å². The number of hydrogen-bond acceptors (Lipinski definition) is 4. The van der Waals surface area contributed by atoms with Crippen LogP contribution in [0.25, 0.3) is 10.9 Å². The zero-order valence-electron chi connectivity index (χ0n) is 15.2. The van der Waals surface area contributed by atoms with E-state index >= 15 is 0 Å². The molecule has 0 radical (unpaired) electrons. The molecule has 0 spiro atoms. The number of carbonyl (C=O) groups excluding carboxylic acids is 1. The van der Waals surface area contributed by atoms with Gasteiger partial charge in [0.05, 0.1) is 29.3 Å². The van der Waals surface area contributed by atoms with Crippen LogP contribution in [0.2, 0.25) is 25.7 Å². The molecule has 0 aliphatic heterocycles. The highest BCUT2D eigenvalue weighted by atomic mass is 28.3. The molecule has 1 aromatic carbocycles. The Morgan fingerprint density at radius 1 is 1.33 bits per heavy atom. The van der Waals surface area contributed by atoms with Crippen molar-refractivity contribution in [1.29, 1.82) is 0 Å². The molecule has 0 atom stereocenters. The standard InChI is InChI=1S/C17H27N3O3Si/c1-6-13-15-14(22-2)8-7-12(17(18)21)16(15)20(19-13)11-23-9-10-24(3,4)5/h7-8H,6,9-11H2,1-5H3,(H2,18,21). The van der Waals surface area contributed by atoms with E-state index in [1.54, 1.807) is 23.9 Å². The molecule has 0 saturated heterocycles. The highest BCUT2D eigenvalue weighted by Gasteiger charge is 2.20. The minimum atomic E-state index is -1.14. The topological polar surface area (TPSA) is 79.4 Å². The number of methoxy groups -OCH3 is 1. The number of nitrogens with zero attached hydrogens (tertiary/aromatic N) is 2. The number of nitrogens with two attached hydrogens (primary N) is 1. The number of primary amides is 1. The van der Waals surface area contributed by atoms with E-state index in [2.05, 4.69) is 24.7 Å². The summed E-state index contributed by atoms with van der Waals surface area (Å²) in [7, 11) is 0.468. The minimum Gasteiger partial charge on any atom is -0.496 e. The number of hydrogen-bond donors (Lipinski definition) is 1. The van der Waals surface area contributed by atoms with Gasteiger partial charge in [0.2, 0.25) is 0 Å². The van der Waals surface area contributed by atoms with Gasteiger partial charge in [0.25, 0.3) is 5.91 Å². The molecule has 0 bridgehead atoms. The van der Waals surface area contributed by atoms with Gasteiger partial charge in [-0.1, -0.05) is 26.6 Å². The van der Waals surface area contributed by atoms with Crippen molar-refractivity contribution in [2.45, 2.75) is 45.8 Å². The Morgan fingerprint density at radius 2 is 2.04 bits per heavy atom. The van der Waals surface area contributed by atoms with Crippen molar-refractivity contribution >= 4 is 24.9 Å². The molecule has 1 heterocycles. The summed E-state index contributed by atoms with van der Waals surface area (Å²) < 4.78 is 13.0. The van der Waals surface area contributed by atoms with Gasteiger partial charge in [-0.15, -0.1) is 0 Å². The van der Waals surface area contributed by atoms with Crippen LogP contribution in [-0.2, 0) is 17.9 Å². The number of fused-ring (bicyclic) bond motifs is 1. The third-order valence-corrected chi connectivity index (χ3v) is 5.66. The maximum atomic E-state index is 11.8. The fourth-order valence-electron chi connectivity index (χ4n) is 2.60. The lowest BCUT2D eigenvalue weighted by Crippen LogP contribution is -2.22. The summed E-state index contributed by atoms with van der Waals surface area (Å²) in [6.07, 6.45) is 0.733. The van der Waals surface area contributed by atoms with Crippen LogP contribution < -0.4 is 10.5 Å². The molecule has 2 N–H and O–H groups in total. The van der Waals surface area contributed by atoms with Gasteiger partial charge >= 0.3 is 0 Å². The van der Waals surface area contributed by atoms with E-state index in [4.69, 9.17) is 15.2 Å². The molecule has 0 aliphatic carbocycles. The molecule has 0 unspecified atom stereocenters. The zero-order valence-corrected chi connectivity index (χ0v) is 16.2. The Hall–Kier alpha value is -1.86. The number of amides is 1. The summed E-state index contributed by atoms with van der Waals surface area (Å²) in [5.41, 5.74) is 7.54. The van der Waals surface area contributed by atoms with Crippen LogP contribution in [-0.4, -0.2) is 37.5 Å². The summed E-state index contributed by atoms with van der Waals surface area (Å²) in [6, 6.07) is 4.53. The molecular formula is C17H27N3O3Si. The van der Waals surface area contributed by atoms with Crippen LogP contribution in [0.15, 0.2) is 12.1 Å². The second kappa shape index (κ2) is 7.35. The van der Waals surface area contributed by atoms with Gasteiger partial charge in [-0.2, -0.15) is 5.10 Å². The fourth-order valence-corrected chi connectivity index (χ4v) is 3.36. The van der Waals surface area contributed by atoms with Crippen LogP contribution in [0, 0.1) is 0 Å². The number of aromatic nitrogens is 2. The molecule has 24 heavy (non-hydrogen) atoms. The van der Waals surface area contributed by atoms with Gasteiger partial charge in [-0.3, -0.25) is 4.79 Å². The summed E-state index contributed by atoms with van der Waals surface area (Å²) in [5.74, 6) is 0.216. The molecule has 7 heteroatoms. The predicted molar refractivity (Wildman–Crippen MR) is 98.3 cm³/mol. The Kier molecular flexibility index (Phi) is 5.66. The molecule has 0 aliphatic rings. The Labute approximate surface area is 143 Å². The number of ether oxygens (including phenoxy) is 2. The molecule has 6 nitrogen and oxygen atoms in total. The average Bonchev–Trinajstić information content (AvgIpc) is 2.88. The molecular weight excluding hydrogens is 322 g/mol. The molecule has 2 aromatic rings. The van der Waals surface area contributed by atoms with Gasteiger partial charge in [0.1, 0.15) is 12.5 Å². The van der Waals surface area contributed by atoms with Crippen molar-refractivity contribution in [2.75, 3.05) is 13.7 Å². The van der Waals surface area contributed by atoms with Crippen molar-refractivity contribution in [3.05, 3.63) is 23.4 Å². The normalized spacial score (nSPS) is 11.9. The van der Waals surface area contributed by atoms with Crippen molar-refractivity contribution in [3.8, 4) is 5.75 Å². The van der Waals surface area contributed by atoms with Gasteiger partial charge < -0.3 is 15.2 Å². The summed E-state index contributed by atoms with van der Waals surface area (Å²) >= 11 is 0. The maximum absolute atomic E-state index is 11.8. The lowest BCUT2D eigenvalue weighted by atomic mass is 10.1. The van der Waals surface area contributed by atoms with E-state index in [1.807, 2.05) is 6.92 Å². The van der Waals surface area contributed by atoms with Crippen molar-refractivity contribution in [2.24, 2.45) is 5.73 Å². The van der Waals surface area contributed by atoms with Gasteiger partial charge in [-0.05, 0) is 24.6 Å². The van der Waals surface area contributed by atoms with E-state index in [1.165, 1.54) is 0 Å². The maximum Gasteiger partial charge on any atom is 0.250 e. The predicted octanol–water partition coefficient (Wildman–Crippen LogP) is 3.02. The second-order valence-electron chi connectivity index (χ2n) is 7.05.